The molecule has 2 heterocycles. The summed E-state index contributed by atoms with van der Waals surface area (Å²) in [7, 11) is 3.15. The van der Waals surface area contributed by atoms with Crippen molar-refractivity contribution in [3.63, 3.8) is 0 Å². The van der Waals surface area contributed by atoms with E-state index in [1.54, 1.807) is 36.0 Å². The Labute approximate surface area is 211 Å². The van der Waals surface area contributed by atoms with Crippen LogP contribution in [-0.4, -0.2) is 23.9 Å². The highest BCUT2D eigenvalue weighted by atomic mass is 32.1. The van der Waals surface area contributed by atoms with Gasteiger partial charge in [0, 0.05) is 11.1 Å². The van der Waals surface area contributed by atoms with Gasteiger partial charge in [-0.05, 0) is 53.8 Å². The first-order chi connectivity index (χ1) is 17.6. The van der Waals surface area contributed by atoms with Gasteiger partial charge in [-0.15, -0.1) is 0 Å². The van der Waals surface area contributed by atoms with Crippen LogP contribution in [0.25, 0.3) is 11.8 Å². The number of ether oxygens (including phenoxy) is 2. The van der Waals surface area contributed by atoms with Crippen LogP contribution in [0.5, 0.6) is 17.2 Å². The van der Waals surface area contributed by atoms with E-state index in [4.69, 9.17) is 14.5 Å². The second kappa shape index (κ2) is 8.84. The van der Waals surface area contributed by atoms with Gasteiger partial charge >= 0.3 is 0 Å². The van der Waals surface area contributed by atoms with Crippen LogP contribution in [0.3, 0.4) is 0 Å². The summed E-state index contributed by atoms with van der Waals surface area (Å²) >= 11 is 1.33. The first-order valence-corrected chi connectivity index (χ1v) is 12.5. The molecule has 0 amide bonds. The van der Waals surface area contributed by atoms with E-state index in [2.05, 4.69) is 18.2 Å². The summed E-state index contributed by atoms with van der Waals surface area (Å²) in [6.45, 7) is 0. The first kappa shape index (κ1) is 22.4. The summed E-state index contributed by atoms with van der Waals surface area (Å²) in [5.41, 5.74) is 5.82. The summed E-state index contributed by atoms with van der Waals surface area (Å²) in [4.78, 5) is 19.5. The van der Waals surface area contributed by atoms with Crippen LogP contribution < -0.4 is 24.4 Å². The maximum absolute atomic E-state index is 13.9. The predicted molar refractivity (Wildman–Crippen MR) is 140 cm³/mol. The zero-order chi connectivity index (χ0) is 24.8. The van der Waals surface area contributed by atoms with Crippen molar-refractivity contribution in [2.45, 2.75) is 18.9 Å². The third kappa shape index (κ3) is 3.55. The largest absolute Gasteiger partial charge is 0.504 e. The molecule has 1 unspecified atom stereocenters. The SMILES string of the molecule is COc1cccc(C2C3=C(N=c4s/c(=C\c5cccc(OC)c5O)c(=O)n42)c2ccccc2CC3)c1. The topological polar surface area (TPSA) is 73.1 Å². The highest BCUT2D eigenvalue weighted by molar-refractivity contribution is 7.07. The van der Waals surface area contributed by atoms with Crippen LogP contribution in [0.15, 0.2) is 82.1 Å². The molecule has 0 bridgehead atoms. The minimum Gasteiger partial charge on any atom is -0.504 e. The molecule has 4 aromatic rings. The van der Waals surface area contributed by atoms with Crippen LogP contribution >= 0.6 is 11.3 Å². The number of phenols is 1. The number of aromatic nitrogens is 1. The van der Waals surface area contributed by atoms with Crippen LogP contribution in [0.2, 0.25) is 0 Å². The van der Waals surface area contributed by atoms with E-state index in [1.807, 2.05) is 30.3 Å². The summed E-state index contributed by atoms with van der Waals surface area (Å²) in [6.07, 6.45) is 3.42. The van der Waals surface area contributed by atoms with E-state index in [-0.39, 0.29) is 17.4 Å². The molecule has 1 N–H and O–H groups in total. The average Bonchev–Trinajstić information content (AvgIpc) is 3.22. The molecule has 0 fully saturated rings. The van der Waals surface area contributed by atoms with Crippen molar-refractivity contribution < 1.29 is 14.6 Å². The summed E-state index contributed by atoms with van der Waals surface area (Å²) in [6, 6.07) is 21.2. The summed E-state index contributed by atoms with van der Waals surface area (Å²) in [5, 5.41) is 10.6. The Morgan fingerprint density at radius 2 is 1.86 bits per heavy atom. The normalized spacial score (nSPS) is 16.6. The van der Waals surface area contributed by atoms with Crippen molar-refractivity contribution in [1.29, 1.82) is 0 Å². The lowest BCUT2D eigenvalue weighted by atomic mass is 9.83. The van der Waals surface area contributed by atoms with Crippen LogP contribution in [-0.2, 0) is 6.42 Å². The molecule has 2 aliphatic rings. The molecule has 1 aromatic heterocycles. The van der Waals surface area contributed by atoms with E-state index in [9.17, 15) is 9.90 Å². The van der Waals surface area contributed by atoms with Gasteiger partial charge in [0.1, 0.15) is 5.75 Å². The van der Waals surface area contributed by atoms with Gasteiger partial charge in [-0.2, -0.15) is 0 Å². The Hall–Kier alpha value is -4.10. The van der Waals surface area contributed by atoms with Gasteiger partial charge in [-0.3, -0.25) is 9.36 Å². The number of allylic oxidation sites excluding steroid dienone is 1. The van der Waals surface area contributed by atoms with Gasteiger partial charge < -0.3 is 14.6 Å². The van der Waals surface area contributed by atoms with E-state index < -0.39 is 0 Å². The number of para-hydroxylation sites is 1. The van der Waals surface area contributed by atoms with Gasteiger partial charge in [0.2, 0.25) is 0 Å². The number of aromatic hydroxyl groups is 1. The standard InChI is InChI=1S/C29H24N2O4S/c1-34-20-10-5-8-18(15-20)26-22-14-13-17-7-3-4-11-21(17)25(22)30-29-31(26)28(33)24(36-29)16-19-9-6-12-23(35-2)27(19)32/h3-12,15-16,26,32H,13-14H2,1-2H3/b24-16-. The highest BCUT2D eigenvalue weighted by Gasteiger charge is 2.32. The molecule has 0 saturated heterocycles. The molecule has 36 heavy (non-hydrogen) atoms. The van der Waals surface area contributed by atoms with Crippen molar-refractivity contribution >= 4 is 23.1 Å². The minimum absolute atomic E-state index is 0.00315. The quantitative estimate of drug-likeness (QED) is 0.463. The fourth-order valence-corrected chi connectivity index (χ4v) is 6.09. The Bertz CT molecular complexity index is 1710. The maximum Gasteiger partial charge on any atom is 0.271 e. The van der Waals surface area contributed by atoms with Crippen LogP contribution in [0, 0.1) is 0 Å². The van der Waals surface area contributed by atoms with Crippen molar-refractivity contribution in [1.82, 2.24) is 4.57 Å². The minimum atomic E-state index is -0.291. The number of rotatable bonds is 4. The first-order valence-electron chi connectivity index (χ1n) is 11.7. The fourth-order valence-electron chi connectivity index (χ4n) is 5.10. The fraction of sp³-hybridized carbons (Fsp3) is 0.172. The molecular weight excluding hydrogens is 472 g/mol. The summed E-state index contributed by atoms with van der Waals surface area (Å²) < 4.78 is 13.0. The van der Waals surface area contributed by atoms with Crippen LogP contribution in [0.1, 0.15) is 34.7 Å². The molecule has 0 radical (unpaired) electrons. The number of aryl methyl sites for hydroxylation is 1. The predicted octanol–water partition coefficient (Wildman–Crippen LogP) is 4.04. The molecule has 7 heteroatoms. The Balaban J connectivity index is 1.62. The molecule has 1 aliphatic carbocycles. The lowest BCUT2D eigenvalue weighted by Crippen LogP contribution is -2.38. The molecule has 0 saturated carbocycles. The number of hydrogen-bond acceptors (Lipinski definition) is 6. The second-order valence-corrected chi connectivity index (χ2v) is 9.80. The van der Waals surface area contributed by atoms with Crippen molar-refractivity contribution in [3.8, 4) is 17.2 Å². The van der Waals surface area contributed by atoms with E-state index >= 15 is 0 Å². The van der Waals surface area contributed by atoms with Crippen molar-refractivity contribution in [2.75, 3.05) is 14.2 Å². The molecule has 1 aliphatic heterocycles. The summed E-state index contributed by atoms with van der Waals surface area (Å²) in [5.74, 6) is 1.10. The van der Waals surface area contributed by atoms with Crippen molar-refractivity contribution in [3.05, 3.63) is 114 Å². The maximum atomic E-state index is 13.9. The smallest absolute Gasteiger partial charge is 0.271 e. The third-order valence-corrected chi connectivity index (χ3v) is 7.80. The number of fused-ring (bicyclic) bond motifs is 3. The Kier molecular flexibility index (Phi) is 5.49. The van der Waals surface area contributed by atoms with E-state index in [0.29, 0.717) is 20.6 Å². The lowest BCUT2D eigenvalue weighted by molar-refractivity contribution is 0.373. The number of thiazole rings is 1. The number of benzene rings is 3. The molecule has 1 atom stereocenters. The second-order valence-electron chi connectivity index (χ2n) is 8.79. The van der Waals surface area contributed by atoms with Gasteiger partial charge in [0.15, 0.2) is 16.3 Å². The molecule has 0 spiro atoms. The molecule has 6 nitrogen and oxygen atoms in total. The number of phenolic OH excluding ortho intramolecular Hbond substituents is 1. The van der Waals surface area contributed by atoms with Gasteiger partial charge in [0.05, 0.1) is 30.5 Å². The monoisotopic (exact) mass is 496 g/mol. The number of nitrogens with zero attached hydrogens (tertiary/aromatic N) is 2. The van der Waals surface area contributed by atoms with Gasteiger partial charge in [-0.25, -0.2) is 4.99 Å². The average molecular weight is 497 g/mol. The third-order valence-electron chi connectivity index (χ3n) is 6.82. The number of methoxy groups -OCH3 is 2. The molecule has 3 aromatic carbocycles. The van der Waals surface area contributed by atoms with Gasteiger partial charge in [-0.1, -0.05) is 59.9 Å². The van der Waals surface area contributed by atoms with Crippen molar-refractivity contribution in [2.24, 2.45) is 4.99 Å². The van der Waals surface area contributed by atoms with E-state index in [0.717, 1.165) is 41.0 Å². The lowest BCUT2D eigenvalue weighted by Gasteiger charge is -2.31. The van der Waals surface area contributed by atoms with Crippen LogP contribution in [0.4, 0.5) is 0 Å². The highest BCUT2D eigenvalue weighted by Crippen LogP contribution is 2.41. The van der Waals surface area contributed by atoms with Gasteiger partial charge in [0.25, 0.3) is 5.56 Å². The molecule has 180 valence electrons. The number of hydrogen-bond donors (Lipinski definition) is 1. The molecule has 6 rings (SSSR count). The van der Waals surface area contributed by atoms with E-state index in [1.165, 1.54) is 24.0 Å². The Morgan fingerprint density at radius 1 is 1.03 bits per heavy atom. The molecular formula is C29H24N2O4S. The zero-order valence-electron chi connectivity index (χ0n) is 19.9. The zero-order valence-corrected chi connectivity index (χ0v) is 20.7. The Morgan fingerprint density at radius 3 is 2.69 bits per heavy atom.